The van der Waals surface area contributed by atoms with Crippen LogP contribution in [0.4, 0.5) is 5.69 Å². The van der Waals surface area contributed by atoms with Gasteiger partial charge in [0.05, 0.1) is 33.1 Å². The highest BCUT2D eigenvalue weighted by Crippen LogP contribution is 2.28. The van der Waals surface area contributed by atoms with Gasteiger partial charge in [-0.1, -0.05) is 26.0 Å². The molecule has 0 fully saturated rings. The van der Waals surface area contributed by atoms with E-state index in [2.05, 4.69) is 24.2 Å². The van der Waals surface area contributed by atoms with E-state index in [1.54, 1.807) is 14.2 Å². The van der Waals surface area contributed by atoms with E-state index in [1.807, 2.05) is 42.5 Å². The van der Waals surface area contributed by atoms with Crippen LogP contribution in [-0.2, 0) is 6.54 Å². The van der Waals surface area contributed by atoms with Crippen LogP contribution >= 0.6 is 24.0 Å². The maximum atomic E-state index is 6.00. The number of hydrogen-bond acceptors (Lipinski definition) is 4. The molecule has 2 rings (SSSR count). The van der Waals surface area contributed by atoms with E-state index in [-0.39, 0.29) is 24.0 Å². The highest BCUT2D eigenvalue weighted by atomic mass is 127. The number of ether oxygens (including phenoxy) is 3. The van der Waals surface area contributed by atoms with Gasteiger partial charge in [-0.05, 0) is 35.7 Å². The predicted octanol–water partition coefficient (Wildman–Crippen LogP) is 4.28. The highest BCUT2D eigenvalue weighted by molar-refractivity contribution is 14.0. The van der Waals surface area contributed by atoms with Crippen molar-refractivity contribution < 1.29 is 14.2 Å². The molecule has 0 unspecified atom stereocenters. The number of aliphatic imine (C=N–C) groups is 1. The molecule has 0 aromatic heterocycles. The van der Waals surface area contributed by atoms with Gasteiger partial charge in [0.2, 0.25) is 0 Å². The average molecular weight is 485 g/mol. The third-order valence-electron chi connectivity index (χ3n) is 3.61. The van der Waals surface area contributed by atoms with Crippen LogP contribution in [0.25, 0.3) is 0 Å². The van der Waals surface area contributed by atoms with E-state index in [1.165, 1.54) is 0 Å². The van der Waals surface area contributed by atoms with Crippen LogP contribution in [-0.4, -0.2) is 26.8 Å². The van der Waals surface area contributed by atoms with Gasteiger partial charge in [0.25, 0.3) is 0 Å². The lowest BCUT2D eigenvalue weighted by atomic mass is 10.2. The van der Waals surface area contributed by atoms with Crippen LogP contribution < -0.4 is 25.3 Å². The topological polar surface area (TPSA) is 78.1 Å². The zero-order valence-corrected chi connectivity index (χ0v) is 18.5. The van der Waals surface area contributed by atoms with Crippen molar-refractivity contribution in [3.8, 4) is 17.2 Å². The summed E-state index contributed by atoms with van der Waals surface area (Å²) >= 11 is 0. The van der Waals surface area contributed by atoms with E-state index in [0.717, 1.165) is 11.3 Å². The Morgan fingerprint density at radius 1 is 1.04 bits per heavy atom. The molecule has 0 saturated heterocycles. The minimum Gasteiger partial charge on any atom is -0.497 e. The van der Waals surface area contributed by atoms with Crippen LogP contribution in [0, 0.1) is 5.92 Å². The van der Waals surface area contributed by atoms with Crippen molar-refractivity contribution in [3.05, 3.63) is 48.0 Å². The Kier molecular flexibility index (Phi) is 9.77. The number of hydrogen-bond donors (Lipinski definition) is 2. The Morgan fingerprint density at radius 2 is 1.70 bits per heavy atom. The number of nitrogens with one attached hydrogen (secondary N) is 1. The smallest absolute Gasteiger partial charge is 0.193 e. The van der Waals surface area contributed by atoms with Gasteiger partial charge in [-0.15, -0.1) is 24.0 Å². The summed E-state index contributed by atoms with van der Waals surface area (Å²) in [6, 6.07) is 13.3. The number of nitrogens with zero attached hydrogens (tertiary/aromatic N) is 1. The van der Waals surface area contributed by atoms with Gasteiger partial charge in [0.1, 0.15) is 17.2 Å². The minimum atomic E-state index is 0. The van der Waals surface area contributed by atoms with Gasteiger partial charge < -0.3 is 25.3 Å². The molecule has 0 aliphatic heterocycles. The number of methoxy groups -OCH3 is 2. The molecule has 2 aromatic rings. The number of rotatable bonds is 8. The van der Waals surface area contributed by atoms with Crippen LogP contribution in [0.5, 0.6) is 17.2 Å². The summed E-state index contributed by atoms with van der Waals surface area (Å²) in [7, 11) is 3.21. The van der Waals surface area contributed by atoms with Crippen molar-refractivity contribution in [1.82, 2.24) is 0 Å². The van der Waals surface area contributed by atoms with Crippen LogP contribution in [0.2, 0.25) is 0 Å². The Hall–Kier alpha value is -2.16. The van der Waals surface area contributed by atoms with Crippen molar-refractivity contribution in [1.29, 1.82) is 0 Å². The van der Waals surface area contributed by atoms with Crippen molar-refractivity contribution >= 4 is 35.6 Å². The van der Waals surface area contributed by atoms with Gasteiger partial charge >= 0.3 is 0 Å². The van der Waals surface area contributed by atoms with Crippen LogP contribution in [0.15, 0.2) is 47.5 Å². The molecule has 0 amide bonds. The Balaban J connectivity index is 0.00000364. The van der Waals surface area contributed by atoms with Gasteiger partial charge in [-0.25, -0.2) is 4.99 Å². The zero-order valence-electron chi connectivity index (χ0n) is 16.2. The highest BCUT2D eigenvalue weighted by Gasteiger charge is 2.06. The molecule has 0 saturated carbocycles. The Bertz CT molecular complexity index is 734. The van der Waals surface area contributed by atoms with Crippen LogP contribution in [0.3, 0.4) is 0 Å². The second-order valence-corrected chi connectivity index (χ2v) is 6.24. The molecule has 0 aliphatic rings. The summed E-state index contributed by atoms with van der Waals surface area (Å²) in [4.78, 5) is 4.37. The molecule has 0 heterocycles. The van der Waals surface area contributed by atoms with Gasteiger partial charge in [-0.3, -0.25) is 0 Å². The molecule has 0 bridgehead atoms. The van der Waals surface area contributed by atoms with E-state index >= 15 is 0 Å². The molecule has 27 heavy (non-hydrogen) atoms. The Morgan fingerprint density at radius 3 is 2.30 bits per heavy atom. The van der Waals surface area contributed by atoms with E-state index in [9.17, 15) is 0 Å². The summed E-state index contributed by atoms with van der Waals surface area (Å²) in [6.45, 7) is 5.42. The molecule has 7 heteroatoms. The summed E-state index contributed by atoms with van der Waals surface area (Å²) < 4.78 is 16.2. The maximum absolute atomic E-state index is 6.00. The predicted molar refractivity (Wildman–Crippen MR) is 121 cm³/mol. The lowest BCUT2D eigenvalue weighted by Crippen LogP contribution is -2.23. The van der Waals surface area contributed by atoms with Gasteiger partial charge in [0.15, 0.2) is 5.96 Å². The molecule has 148 valence electrons. The lowest BCUT2D eigenvalue weighted by Gasteiger charge is -2.12. The van der Waals surface area contributed by atoms with Crippen molar-refractivity contribution in [3.63, 3.8) is 0 Å². The molecular weight excluding hydrogens is 457 g/mol. The molecule has 0 aliphatic carbocycles. The molecule has 0 radical (unpaired) electrons. The number of nitrogens with two attached hydrogens (primary N) is 1. The molecule has 3 N–H and O–H groups in total. The average Bonchev–Trinajstić information content (AvgIpc) is 2.65. The van der Waals surface area contributed by atoms with Gasteiger partial charge in [0, 0.05) is 6.07 Å². The van der Waals surface area contributed by atoms with Crippen LogP contribution in [0.1, 0.15) is 19.4 Å². The summed E-state index contributed by atoms with van der Waals surface area (Å²) in [5, 5.41) is 3.05. The molecular formula is C20H28IN3O3. The normalized spacial score (nSPS) is 10.9. The first-order valence-electron chi connectivity index (χ1n) is 8.52. The minimum absolute atomic E-state index is 0. The third kappa shape index (κ3) is 7.54. The van der Waals surface area contributed by atoms with E-state index in [0.29, 0.717) is 42.2 Å². The lowest BCUT2D eigenvalue weighted by molar-refractivity contribution is 0.271. The fourth-order valence-corrected chi connectivity index (χ4v) is 2.22. The fraction of sp³-hybridized carbons (Fsp3) is 0.350. The number of halogens is 1. The first-order chi connectivity index (χ1) is 12.5. The third-order valence-corrected chi connectivity index (χ3v) is 3.61. The first-order valence-corrected chi connectivity index (χ1v) is 8.52. The molecule has 6 nitrogen and oxygen atoms in total. The zero-order chi connectivity index (χ0) is 18.9. The van der Waals surface area contributed by atoms with E-state index in [4.69, 9.17) is 19.9 Å². The summed E-state index contributed by atoms with van der Waals surface area (Å²) in [6.07, 6.45) is 0. The van der Waals surface area contributed by atoms with Crippen molar-refractivity contribution in [2.45, 2.75) is 20.4 Å². The Labute approximate surface area is 178 Å². The number of benzene rings is 2. The van der Waals surface area contributed by atoms with Crippen molar-refractivity contribution in [2.75, 3.05) is 26.1 Å². The largest absolute Gasteiger partial charge is 0.497 e. The summed E-state index contributed by atoms with van der Waals surface area (Å²) in [5.41, 5.74) is 7.74. The van der Waals surface area contributed by atoms with Crippen molar-refractivity contribution in [2.24, 2.45) is 16.6 Å². The monoisotopic (exact) mass is 485 g/mol. The maximum Gasteiger partial charge on any atom is 0.193 e. The molecule has 0 spiro atoms. The summed E-state index contributed by atoms with van der Waals surface area (Å²) in [5.74, 6) is 3.03. The van der Waals surface area contributed by atoms with E-state index < -0.39 is 0 Å². The SMILES string of the molecule is COc1ccc(OC)c(NC(N)=NCc2ccc(OCC(C)C)cc2)c1.I. The fourth-order valence-electron chi connectivity index (χ4n) is 2.22. The molecule has 2 aromatic carbocycles. The first kappa shape index (κ1) is 22.9. The quantitative estimate of drug-likeness (QED) is 0.332. The second kappa shape index (κ2) is 11.5. The number of guanidine groups is 1. The second-order valence-electron chi connectivity index (χ2n) is 6.24. The number of anilines is 1. The van der Waals surface area contributed by atoms with Gasteiger partial charge in [-0.2, -0.15) is 0 Å². The molecule has 0 atom stereocenters. The standard InChI is InChI=1S/C20H27N3O3.HI/c1-14(2)13-26-16-7-5-15(6-8-16)12-22-20(21)23-18-11-17(24-3)9-10-19(18)25-4;/h5-11,14H,12-13H2,1-4H3,(H3,21,22,23);1H.